The molecular formula is C8H14N2O. The number of hydrogen-bond donors (Lipinski definition) is 3. The third kappa shape index (κ3) is 3.20. The second-order valence-corrected chi connectivity index (χ2v) is 2.60. The van der Waals surface area contributed by atoms with Gasteiger partial charge in [-0.15, -0.1) is 0 Å². The van der Waals surface area contributed by atoms with Gasteiger partial charge in [0.05, 0.1) is 0 Å². The van der Waals surface area contributed by atoms with Gasteiger partial charge in [0.15, 0.2) is 0 Å². The number of aromatic nitrogens is 1. The van der Waals surface area contributed by atoms with Crippen LogP contribution in [0.5, 0.6) is 0 Å². The van der Waals surface area contributed by atoms with Gasteiger partial charge in [-0.3, -0.25) is 5.32 Å². The molecule has 3 nitrogen and oxygen atoms in total. The van der Waals surface area contributed by atoms with Crippen molar-refractivity contribution in [3.63, 3.8) is 0 Å². The number of aromatic amines is 1. The second-order valence-electron chi connectivity index (χ2n) is 2.60. The van der Waals surface area contributed by atoms with Crippen LogP contribution in [0, 0.1) is 0 Å². The maximum Gasteiger partial charge on any atom is 0.102 e. The average molecular weight is 154 g/mol. The molecule has 0 amide bonds. The van der Waals surface area contributed by atoms with Gasteiger partial charge in [-0.2, -0.15) is 0 Å². The number of aliphatic hydroxyl groups is 1. The summed E-state index contributed by atoms with van der Waals surface area (Å²) in [6.07, 6.45) is 4.41. The van der Waals surface area contributed by atoms with Crippen molar-refractivity contribution in [2.24, 2.45) is 0 Å². The van der Waals surface area contributed by atoms with Crippen molar-refractivity contribution in [3.05, 3.63) is 24.0 Å². The van der Waals surface area contributed by atoms with Crippen LogP contribution >= 0.6 is 0 Å². The number of rotatable bonds is 4. The fraction of sp³-hybridized carbons (Fsp3) is 0.500. The zero-order valence-corrected chi connectivity index (χ0v) is 6.67. The van der Waals surface area contributed by atoms with Crippen LogP contribution in [0.25, 0.3) is 0 Å². The third-order valence-electron chi connectivity index (χ3n) is 1.52. The molecule has 1 aromatic heterocycles. The summed E-state index contributed by atoms with van der Waals surface area (Å²) in [6.45, 7) is 2.53. The van der Waals surface area contributed by atoms with Gasteiger partial charge >= 0.3 is 0 Å². The van der Waals surface area contributed by atoms with Gasteiger partial charge in [0.2, 0.25) is 0 Å². The smallest absolute Gasteiger partial charge is 0.102 e. The Morgan fingerprint density at radius 3 is 3.09 bits per heavy atom. The normalized spacial score (nSPS) is 13.3. The van der Waals surface area contributed by atoms with E-state index in [1.54, 1.807) is 6.92 Å². The van der Waals surface area contributed by atoms with Crippen molar-refractivity contribution in [1.82, 2.24) is 10.3 Å². The van der Waals surface area contributed by atoms with Crippen LogP contribution in [0.15, 0.2) is 18.5 Å². The molecule has 1 atom stereocenters. The van der Waals surface area contributed by atoms with Crippen molar-refractivity contribution in [2.45, 2.75) is 19.6 Å². The Labute approximate surface area is 66.4 Å². The average Bonchev–Trinajstić information content (AvgIpc) is 2.39. The fourth-order valence-corrected chi connectivity index (χ4v) is 0.939. The zero-order chi connectivity index (χ0) is 8.10. The highest BCUT2D eigenvalue weighted by atomic mass is 16.3. The topological polar surface area (TPSA) is 48.0 Å². The lowest BCUT2D eigenvalue weighted by Crippen LogP contribution is -2.27. The molecule has 1 heterocycles. The number of aliphatic hydroxyl groups excluding tert-OH is 1. The van der Waals surface area contributed by atoms with Gasteiger partial charge in [-0.25, -0.2) is 0 Å². The summed E-state index contributed by atoms with van der Waals surface area (Å²) in [7, 11) is 0. The summed E-state index contributed by atoms with van der Waals surface area (Å²) in [5.41, 5.74) is 1.26. The summed E-state index contributed by atoms with van der Waals surface area (Å²) in [6, 6.07) is 2.03. The first kappa shape index (κ1) is 8.30. The largest absolute Gasteiger partial charge is 0.379 e. The van der Waals surface area contributed by atoms with Crippen LogP contribution in [0.3, 0.4) is 0 Å². The monoisotopic (exact) mass is 154 g/mol. The Balaban J connectivity index is 2.14. The number of hydrogen-bond acceptors (Lipinski definition) is 2. The lowest BCUT2D eigenvalue weighted by molar-refractivity contribution is 0.157. The predicted octanol–water partition coefficient (Wildman–Crippen LogP) is 0.485. The molecule has 0 saturated carbocycles. The third-order valence-corrected chi connectivity index (χ3v) is 1.52. The summed E-state index contributed by atoms with van der Waals surface area (Å²) in [5, 5.41) is 11.8. The minimum atomic E-state index is -0.408. The van der Waals surface area contributed by atoms with E-state index in [-0.39, 0.29) is 0 Å². The van der Waals surface area contributed by atoms with Gasteiger partial charge < -0.3 is 10.1 Å². The molecule has 0 aliphatic carbocycles. The molecule has 11 heavy (non-hydrogen) atoms. The van der Waals surface area contributed by atoms with E-state index in [1.807, 2.05) is 18.5 Å². The first-order valence-electron chi connectivity index (χ1n) is 3.82. The number of nitrogens with one attached hydrogen (secondary N) is 2. The van der Waals surface area contributed by atoms with Crippen LogP contribution in [0.1, 0.15) is 12.5 Å². The predicted molar refractivity (Wildman–Crippen MR) is 44.2 cm³/mol. The maximum absolute atomic E-state index is 8.86. The molecule has 1 aromatic rings. The first-order chi connectivity index (χ1) is 5.29. The molecule has 3 heteroatoms. The van der Waals surface area contributed by atoms with E-state index in [0.29, 0.717) is 0 Å². The quantitative estimate of drug-likeness (QED) is 0.553. The highest BCUT2D eigenvalue weighted by molar-refractivity contribution is 5.08. The van der Waals surface area contributed by atoms with Gasteiger partial charge in [-0.1, -0.05) is 0 Å². The van der Waals surface area contributed by atoms with E-state index in [1.165, 1.54) is 5.56 Å². The van der Waals surface area contributed by atoms with Crippen molar-refractivity contribution < 1.29 is 5.11 Å². The van der Waals surface area contributed by atoms with Crippen molar-refractivity contribution >= 4 is 0 Å². The van der Waals surface area contributed by atoms with Gasteiger partial charge in [0.25, 0.3) is 0 Å². The Hall–Kier alpha value is -0.800. The highest BCUT2D eigenvalue weighted by Crippen LogP contribution is 1.95. The molecule has 0 saturated heterocycles. The highest BCUT2D eigenvalue weighted by Gasteiger charge is 1.94. The SMILES string of the molecule is CC(O)NCCc1cc[nH]c1. The molecule has 0 aliphatic heterocycles. The Kier molecular flexibility index (Phi) is 3.14. The zero-order valence-electron chi connectivity index (χ0n) is 6.67. The van der Waals surface area contributed by atoms with Gasteiger partial charge in [-0.05, 0) is 25.0 Å². The summed E-state index contributed by atoms with van der Waals surface area (Å²) < 4.78 is 0. The van der Waals surface area contributed by atoms with Crippen molar-refractivity contribution in [3.8, 4) is 0 Å². The fourth-order valence-electron chi connectivity index (χ4n) is 0.939. The molecule has 62 valence electrons. The second kappa shape index (κ2) is 4.16. The van der Waals surface area contributed by atoms with Gasteiger partial charge in [0.1, 0.15) is 6.23 Å². The molecule has 1 unspecified atom stereocenters. The molecule has 0 fully saturated rings. The van der Waals surface area contributed by atoms with Crippen LogP contribution in [0.2, 0.25) is 0 Å². The Bertz CT molecular complexity index is 182. The van der Waals surface area contributed by atoms with Crippen molar-refractivity contribution in [1.29, 1.82) is 0 Å². The van der Waals surface area contributed by atoms with E-state index in [2.05, 4.69) is 10.3 Å². The van der Waals surface area contributed by atoms with E-state index >= 15 is 0 Å². The minimum absolute atomic E-state index is 0.408. The Morgan fingerprint density at radius 1 is 1.73 bits per heavy atom. The standard InChI is InChI=1S/C8H14N2O/c1-7(11)10-5-3-8-2-4-9-6-8/h2,4,6-7,9-11H,3,5H2,1H3. The molecule has 0 bridgehead atoms. The molecule has 0 aliphatic rings. The maximum atomic E-state index is 8.86. The molecule has 3 N–H and O–H groups in total. The molecule has 0 radical (unpaired) electrons. The van der Waals surface area contributed by atoms with Gasteiger partial charge in [0, 0.05) is 18.9 Å². The summed E-state index contributed by atoms with van der Waals surface area (Å²) in [5.74, 6) is 0. The Morgan fingerprint density at radius 2 is 2.55 bits per heavy atom. The lowest BCUT2D eigenvalue weighted by atomic mass is 10.2. The van der Waals surface area contributed by atoms with Crippen LogP contribution < -0.4 is 5.32 Å². The van der Waals surface area contributed by atoms with Crippen molar-refractivity contribution in [2.75, 3.05) is 6.54 Å². The lowest BCUT2D eigenvalue weighted by Gasteiger charge is -2.05. The minimum Gasteiger partial charge on any atom is -0.379 e. The number of H-pyrrole nitrogens is 1. The van der Waals surface area contributed by atoms with Crippen LogP contribution in [-0.2, 0) is 6.42 Å². The summed E-state index contributed by atoms with van der Waals surface area (Å²) in [4.78, 5) is 2.98. The van der Waals surface area contributed by atoms with Crippen LogP contribution in [-0.4, -0.2) is 22.9 Å². The van der Waals surface area contributed by atoms with E-state index in [9.17, 15) is 0 Å². The molecule has 0 aromatic carbocycles. The molecule has 1 rings (SSSR count). The molecule has 0 spiro atoms. The first-order valence-corrected chi connectivity index (χ1v) is 3.82. The van der Waals surface area contributed by atoms with Crippen LogP contribution in [0.4, 0.5) is 0 Å². The summed E-state index contributed by atoms with van der Waals surface area (Å²) >= 11 is 0. The van der Waals surface area contributed by atoms with E-state index in [0.717, 1.165) is 13.0 Å². The van der Waals surface area contributed by atoms with E-state index < -0.39 is 6.23 Å². The van der Waals surface area contributed by atoms with E-state index in [4.69, 9.17) is 5.11 Å². The molecular weight excluding hydrogens is 140 g/mol.